The molecule has 82 valence electrons. The third-order valence-electron chi connectivity index (χ3n) is 2.35. The van der Waals surface area contributed by atoms with Crippen LogP contribution in [0.15, 0.2) is 42.1 Å². The first-order valence-electron chi connectivity index (χ1n) is 4.81. The van der Waals surface area contributed by atoms with E-state index in [1.807, 2.05) is 0 Å². The molecule has 0 bridgehead atoms. The number of hydrogen-bond donors (Lipinski definition) is 0. The van der Waals surface area contributed by atoms with E-state index < -0.39 is 4.92 Å². The van der Waals surface area contributed by atoms with Gasteiger partial charge in [0.15, 0.2) is 6.10 Å². The van der Waals surface area contributed by atoms with Crippen LogP contribution in [0, 0.1) is 10.1 Å². The molecule has 1 heterocycles. The van der Waals surface area contributed by atoms with Crippen molar-refractivity contribution in [3.63, 3.8) is 0 Å². The second-order valence-corrected chi connectivity index (χ2v) is 3.43. The predicted molar refractivity (Wildman–Crippen MR) is 59.3 cm³/mol. The molecule has 0 saturated carbocycles. The lowest BCUT2D eigenvalue weighted by atomic mass is 10.0. The van der Waals surface area contributed by atoms with Crippen LogP contribution in [0.1, 0.15) is 12.0 Å². The summed E-state index contributed by atoms with van der Waals surface area (Å²) >= 11 is 0. The molecule has 1 aromatic rings. The van der Waals surface area contributed by atoms with Crippen LogP contribution in [0.4, 0.5) is 5.69 Å². The van der Waals surface area contributed by atoms with Crippen molar-refractivity contribution in [3.05, 3.63) is 52.6 Å². The fraction of sp³-hybridized carbons (Fsp3) is 0.182. The van der Waals surface area contributed by atoms with Crippen LogP contribution in [0.2, 0.25) is 0 Å². The van der Waals surface area contributed by atoms with Gasteiger partial charge >= 0.3 is 0 Å². The molecule has 0 N–H and O–H groups in total. The summed E-state index contributed by atoms with van der Waals surface area (Å²) in [6.45, 7) is 3.61. The number of oxime groups is 1. The lowest BCUT2D eigenvalue weighted by Gasteiger charge is -1.99. The SMILES string of the molecule is C=CC1CC(c2cccc([N+](=O)[O-])c2)=NO1. The Bertz CT molecular complexity index is 468. The van der Waals surface area contributed by atoms with Crippen LogP contribution in [0.5, 0.6) is 0 Å². The number of rotatable bonds is 3. The summed E-state index contributed by atoms with van der Waals surface area (Å²) in [4.78, 5) is 15.3. The summed E-state index contributed by atoms with van der Waals surface area (Å²) in [6, 6.07) is 6.36. The Morgan fingerprint density at radius 2 is 2.44 bits per heavy atom. The minimum absolute atomic E-state index is 0.0576. The molecule has 2 rings (SSSR count). The van der Waals surface area contributed by atoms with Gasteiger partial charge in [0.05, 0.1) is 10.6 Å². The zero-order chi connectivity index (χ0) is 11.5. The first-order chi connectivity index (χ1) is 7.70. The molecule has 1 aromatic carbocycles. The predicted octanol–water partition coefficient (Wildman–Crippen LogP) is 2.27. The number of non-ortho nitro benzene ring substituents is 1. The van der Waals surface area contributed by atoms with E-state index in [0.717, 1.165) is 5.56 Å². The van der Waals surface area contributed by atoms with Gasteiger partial charge in [-0.05, 0) is 6.08 Å². The van der Waals surface area contributed by atoms with E-state index in [9.17, 15) is 10.1 Å². The van der Waals surface area contributed by atoms with E-state index in [-0.39, 0.29) is 11.8 Å². The van der Waals surface area contributed by atoms with Crippen LogP contribution in [-0.2, 0) is 4.84 Å². The summed E-state index contributed by atoms with van der Waals surface area (Å²) in [5.41, 5.74) is 1.49. The molecular formula is C11H10N2O3. The highest BCUT2D eigenvalue weighted by Crippen LogP contribution is 2.20. The Hall–Kier alpha value is -2.17. The van der Waals surface area contributed by atoms with Gasteiger partial charge in [-0.1, -0.05) is 23.9 Å². The van der Waals surface area contributed by atoms with Gasteiger partial charge in [-0.3, -0.25) is 10.1 Å². The van der Waals surface area contributed by atoms with Crippen LogP contribution >= 0.6 is 0 Å². The first-order valence-corrected chi connectivity index (χ1v) is 4.81. The van der Waals surface area contributed by atoms with Crippen LogP contribution < -0.4 is 0 Å². The Balaban J connectivity index is 2.25. The van der Waals surface area contributed by atoms with Crippen molar-refractivity contribution in [2.45, 2.75) is 12.5 Å². The van der Waals surface area contributed by atoms with Gasteiger partial charge in [0, 0.05) is 24.1 Å². The number of nitro groups is 1. The third kappa shape index (κ3) is 1.93. The average Bonchev–Trinajstić information content (AvgIpc) is 2.77. The fourth-order valence-corrected chi connectivity index (χ4v) is 1.49. The zero-order valence-corrected chi connectivity index (χ0v) is 8.50. The topological polar surface area (TPSA) is 64.7 Å². The van der Waals surface area contributed by atoms with Crippen molar-refractivity contribution in [3.8, 4) is 0 Å². The minimum Gasteiger partial charge on any atom is -0.388 e. The van der Waals surface area contributed by atoms with Crippen molar-refractivity contribution in [1.29, 1.82) is 0 Å². The van der Waals surface area contributed by atoms with E-state index in [4.69, 9.17) is 4.84 Å². The van der Waals surface area contributed by atoms with Gasteiger partial charge in [-0.15, -0.1) is 0 Å². The van der Waals surface area contributed by atoms with E-state index in [1.54, 1.807) is 18.2 Å². The molecule has 5 nitrogen and oxygen atoms in total. The summed E-state index contributed by atoms with van der Waals surface area (Å²) in [7, 11) is 0. The number of nitrogens with zero attached hydrogens (tertiary/aromatic N) is 2. The Morgan fingerprint density at radius 3 is 3.06 bits per heavy atom. The van der Waals surface area contributed by atoms with E-state index >= 15 is 0 Å². The molecule has 1 aliphatic heterocycles. The molecule has 0 radical (unpaired) electrons. The smallest absolute Gasteiger partial charge is 0.270 e. The van der Waals surface area contributed by atoms with Crippen molar-refractivity contribution >= 4 is 11.4 Å². The number of hydrogen-bond acceptors (Lipinski definition) is 4. The van der Waals surface area contributed by atoms with E-state index in [1.165, 1.54) is 12.1 Å². The van der Waals surface area contributed by atoms with E-state index in [2.05, 4.69) is 11.7 Å². The second-order valence-electron chi connectivity index (χ2n) is 3.43. The molecule has 0 aromatic heterocycles. The van der Waals surface area contributed by atoms with Gasteiger partial charge in [0.2, 0.25) is 0 Å². The molecule has 0 fully saturated rings. The van der Waals surface area contributed by atoms with Gasteiger partial charge in [-0.2, -0.15) is 0 Å². The fourth-order valence-electron chi connectivity index (χ4n) is 1.49. The molecule has 0 amide bonds. The maximum absolute atomic E-state index is 10.6. The first kappa shape index (κ1) is 10.4. The number of benzene rings is 1. The lowest BCUT2D eigenvalue weighted by molar-refractivity contribution is -0.384. The zero-order valence-electron chi connectivity index (χ0n) is 8.50. The van der Waals surface area contributed by atoms with Gasteiger partial charge in [0.1, 0.15) is 0 Å². The van der Waals surface area contributed by atoms with Crippen LogP contribution in [-0.4, -0.2) is 16.7 Å². The summed E-state index contributed by atoms with van der Waals surface area (Å²) in [5, 5.41) is 14.5. The molecule has 0 spiro atoms. The maximum Gasteiger partial charge on any atom is 0.270 e. The average molecular weight is 218 g/mol. The van der Waals surface area contributed by atoms with Crippen molar-refractivity contribution in [2.24, 2.45) is 5.16 Å². The molecule has 1 aliphatic rings. The molecule has 1 unspecified atom stereocenters. The summed E-state index contributed by atoms with van der Waals surface area (Å²) in [6.07, 6.45) is 2.13. The molecule has 5 heteroatoms. The van der Waals surface area contributed by atoms with Crippen molar-refractivity contribution in [2.75, 3.05) is 0 Å². The normalized spacial score (nSPS) is 18.8. The molecular weight excluding hydrogens is 208 g/mol. The number of nitro benzene ring substituents is 1. The minimum atomic E-state index is -0.426. The summed E-state index contributed by atoms with van der Waals surface area (Å²) in [5.74, 6) is 0. The standard InChI is InChI=1S/C11H10N2O3/c1-2-10-7-11(12-16-10)8-4-3-5-9(6-8)13(14)15/h2-6,10H,1,7H2. The Morgan fingerprint density at radius 1 is 1.62 bits per heavy atom. The van der Waals surface area contributed by atoms with Crippen LogP contribution in [0.25, 0.3) is 0 Å². The molecule has 0 saturated heterocycles. The monoisotopic (exact) mass is 218 g/mol. The summed E-state index contributed by atoms with van der Waals surface area (Å²) < 4.78 is 0. The molecule has 1 atom stereocenters. The van der Waals surface area contributed by atoms with Gasteiger partial charge in [-0.25, -0.2) is 0 Å². The second kappa shape index (κ2) is 4.14. The van der Waals surface area contributed by atoms with E-state index in [0.29, 0.717) is 12.1 Å². The highest BCUT2D eigenvalue weighted by atomic mass is 16.6. The molecule has 16 heavy (non-hydrogen) atoms. The van der Waals surface area contributed by atoms with Crippen molar-refractivity contribution < 1.29 is 9.76 Å². The molecule has 0 aliphatic carbocycles. The van der Waals surface area contributed by atoms with Gasteiger partial charge in [0.25, 0.3) is 5.69 Å². The Labute approximate surface area is 92.2 Å². The third-order valence-corrected chi connectivity index (χ3v) is 2.35. The lowest BCUT2D eigenvalue weighted by Crippen LogP contribution is -2.04. The van der Waals surface area contributed by atoms with Gasteiger partial charge < -0.3 is 4.84 Å². The quantitative estimate of drug-likeness (QED) is 0.444. The largest absolute Gasteiger partial charge is 0.388 e. The van der Waals surface area contributed by atoms with Crippen molar-refractivity contribution in [1.82, 2.24) is 0 Å². The van der Waals surface area contributed by atoms with Crippen LogP contribution in [0.3, 0.4) is 0 Å². The Kier molecular flexibility index (Phi) is 2.68. The highest BCUT2D eigenvalue weighted by Gasteiger charge is 2.20. The maximum atomic E-state index is 10.6. The highest BCUT2D eigenvalue weighted by molar-refractivity contribution is 6.01.